The van der Waals surface area contributed by atoms with E-state index < -0.39 is 0 Å². The first-order valence-electron chi connectivity index (χ1n) is 6.04. The topological polar surface area (TPSA) is 38.3 Å². The molecule has 0 fully saturated rings. The van der Waals surface area contributed by atoms with E-state index in [0.29, 0.717) is 0 Å². The summed E-state index contributed by atoms with van der Waals surface area (Å²) in [5.41, 5.74) is 1.85. The van der Waals surface area contributed by atoms with Crippen LogP contribution in [0.25, 0.3) is 0 Å². The Balaban J connectivity index is 2.71. The molecule has 0 aliphatic heterocycles. The Bertz CT molecular complexity index is 388. The first-order valence-corrected chi connectivity index (χ1v) is 6.04. The first-order chi connectivity index (χ1) is 8.08. The lowest BCUT2D eigenvalue weighted by Gasteiger charge is -2.12. The van der Waals surface area contributed by atoms with Crippen molar-refractivity contribution in [1.29, 1.82) is 0 Å². The van der Waals surface area contributed by atoms with Crippen LogP contribution in [0.15, 0.2) is 18.2 Å². The fourth-order valence-electron chi connectivity index (χ4n) is 1.73. The molecule has 0 heterocycles. The highest BCUT2D eigenvalue weighted by molar-refractivity contribution is 5.92. The third-order valence-corrected chi connectivity index (χ3v) is 2.84. The second-order valence-electron chi connectivity index (χ2n) is 4.36. The lowest BCUT2D eigenvalue weighted by molar-refractivity contribution is -0.119. The van der Waals surface area contributed by atoms with Gasteiger partial charge < -0.3 is 10.1 Å². The molecule has 0 bridgehead atoms. The minimum Gasteiger partial charge on any atom is -0.496 e. The van der Waals surface area contributed by atoms with Gasteiger partial charge in [-0.3, -0.25) is 4.79 Å². The van der Waals surface area contributed by atoms with Gasteiger partial charge in [0.2, 0.25) is 5.91 Å². The number of carbonyl (C=O) groups excluding carboxylic acids is 1. The monoisotopic (exact) mass is 235 g/mol. The van der Waals surface area contributed by atoms with Gasteiger partial charge in [-0.15, -0.1) is 0 Å². The zero-order valence-corrected chi connectivity index (χ0v) is 11.0. The number of nitrogens with one attached hydrogen (secondary N) is 1. The van der Waals surface area contributed by atoms with Crippen molar-refractivity contribution in [2.75, 3.05) is 12.4 Å². The van der Waals surface area contributed by atoms with Crippen molar-refractivity contribution in [3.05, 3.63) is 23.8 Å². The zero-order valence-electron chi connectivity index (χ0n) is 11.0. The van der Waals surface area contributed by atoms with E-state index in [9.17, 15) is 4.79 Å². The SMILES string of the molecule is CCCC(C)C(=O)Nc1ccc(C)c(OC)c1. The third-order valence-electron chi connectivity index (χ3n) is 2.84. The van der Waals surface area contributed by atoms with E-state index in [1.165, 1.54) is 0 Å². The summed E-state index contributed by atoms with van der Waals surface area (Å²) in [7, 11) is 1.63. The van der Waals surface area contributed by atoms with Crippen LogP contribution < -0.4 is 10.1 Å². The molecule has 0 aliphatic carbocycles. The maximum absolute atomic E-state index is 11.8. The lowest BCUT2D eigenvalue weighted by atomic mass is 10.1. The Kier molecular flexibility index (Phi) is 5.01. The van der Waals surface area contributed by atoms with Gasteiger partial charge in [-0.25, -0.2) is 0 Å². The van der Waals surface area contributed by atoms with Gasteiger partial charge in [0.05, 0.1) is 7.11 Å². The van der Waals surface area contributed by atoms with E-state index in [1.807, 2.05) is 32.0 Å². The van der Waals surface area contributed by atoms with Gasteiger partial charge in [-0.05, 0) is 25.0 Å². The molecule has 94 valence electrons. The number of benzene rings is 1. The Hall–Kier alpha value is -1.51. The summed E-state index contributed by atoms with van der Waals surface area (Å²) < 4.78 is 5.22. The van der Waals surface area contributed by atoms with Crippen LogP contribution in [0, 0.1) is 12.8 Å². The van der Waals surface area contributed by atoms with E-state index in [4.69, 9.17) is 4.74 Å². The standard InChI is InChI=1S/C14H21NO2/c1-5-6-11(3)14(16)15-12-8-7-10(2)13(9-12)17-4/h7-9,11H,5-6H2,1-4H3,(H,15,16). The molecule has 1 aromatic carbocycles. The number of anilines is 1. The van der Waals surface area contributed by atoms with E-state index in [1.54, 1.807) is 7.11 Å². The summed E-state index contributed by atoms with van der Waals surface area (Å²) in [5, 5.41) is 2.91. The van der Waals surface area contributed by atoms with Crippen molar-refractivity contribution in [2.24, 2.45) is 5.92 Å². The van der Waals surface area contributed by atoms with Crippen molar-refractivity contribution in [3.63, 3.8) is 0 Å². The normalized spacial score (nSPS) is 12.0. The van der Waals surface area contributed by atoms with Gasteiger partial charge in [0.25, 0.3) is 0 Å². The summed E-state index contributed by atoms with van der Waals surface area (Å²) in [6.45, 7) is 6.01. The maximum Gasteiger partial charge on any atom is 0.227 e. The van der Waals surface area contributed by atoms with E-state index in [-0.39, 0.29) is 11.8 Å². The summed E-state index contributed by atoms with van der Waals surface area (Å²) >= 11 is 0. The molecule has 0 saturated heterocycles. The number of aryl methyl sites for hydroxylation is 1. The number of hydrogen-bond donors (Lipinski definition) is 1. The molecule has 17 heavy (non-hydrogen) atoms. The zero-order chi connectivity index (χ0) is 12.8. The summed E-state index contributed by atoms with van der Waals surface area (Å²) in [5.74, 6) is 0.913. The largest absolute Gasteiger partial charge is 0.496 e. The van der Waals surface area contributed by atoms with Gasteiger partial charge in [0.15, 0.2) is 0 Å². The quantitative estimate of drug-likeness (QED) is 0.849. The van der Waals surface area contributed by atoms with Gasteiger partial charge in [0.1, 0.15) is 5.75 Å². The fraction of sp³-hybridized carbons (Fsp3) is 0.500. The molecule has 0 spiro atoms. The fourth-order valence-corrected chi connectivity index (χ4v) is 1.73. The minimum atomic E-state index is 0.0484. The van der Waals surface area contributed by atoms with E-state index in [0.717, 1.165) is 29.8 Å². The molecule has 0 radical (unpaired) electrons. The summed E-state index contributed by atoms with van der Waals surface area (Å²) in [4.78, 5) is 11.8. The highest BCUT2D eigenvalue weighted by atomic mass is 16.5. The third kappa shape index (κ3) is 3.77. The number of carbonyl (C=O) groups is 1. The van der Waals surface area contributed by atoms with Crippen LogP contribution in [0.4, 0.5) is 5.69 Å². The van der Waals surface area contributed by atoms with Gasteiger partial charge in [-0.2, -0.15) is 0 Å². The smallest absolute Gasteiger partial charge is 0.227 e. The average Bonchev–Trinajstić information content (AvgIpc) is 2.31. The lowest BCUT2D eigenvalue weighted by Crippen LogP contribution is -2.20. The Morgan fingerprint density at radius 2 is 2.18 bits per heavy atom. The number of methoxy groups -OCH3 is 1. The van der Waals surface area contributed by atoms with Crippen LogP contribution in [0.5, 0.6) is 5.75 Å². The van der Waals surface area contributed by atoms with Crippen LogP contribution >= 0.6 is 0 Å². The van der Waals surface area contributed by atoms with Crippen LogP contribution in [0.1, 0.15) is 32.3 Å². The number of rotatable bonds is 5. The van der Waals surface area contributed by atoms with E-state index in [2.05, 4.69) is 12.2 Å². The van der Waals surface area contributed by atoms with E-state index >= 15 is 0 Å². The molecule has 3 heteroatoms. The van der Waals surface area contributed by atoms with Crippen molar-refractivity contribution in [1.82, 2.24) is 0 Å². The number of ether oxygens (including phenoxy) is 1. The van der Waals surface area contributed by atoms with Crippen molar-refractivity contribution >= 4 is 11.6 Å². The molecule has 0 aromatic heterocycles. The molecule has 1 atom stereocenters. The molecule has 1 amide bonds. The number of amides is 1. The summed E-state index contributed by atoms with van der Waals surface area (Å²) in [6, 6.07) is 5.69. The Labute approximate surface area is 103 Å². The molecule has 1 unspecified atom stereocenters. The average molecular weight is 235 g/mol. The number of hydrogen-bond acceptors (Lipinski definition) is 2. The Morgan fingerprint density at radius 3 is 2.76 bits per heavy atom. The Morgan fingerprint density at radius 1 is 1.47 bits per heavy atom. The van der Waals surface area contributed by atoms with Gasteiger partial charge in [0, 0.05) is 17.7 Å². The first kappa shape index (κ1) is 13.6. The molecular weight excluding hydrogens is 214 g/mol. The highest BCUT2D eigenvalue weighted by Crippen LogP contribution is 2.22. The molecule has 1 N–H and O–H groups in total. The molecule has 3 nitrogen and oxygen atoms in total. The second kappa shape index (κ2) is 6.28. The molecular formula is C14H21NO2. The molecule has 1 rings (SSSR count). The predicted molar refractivity (Wildman–Crippen MR) is 70.4 cm³/mol. The molecule has 0 aliphatic rings. The van der Waals surface area contributed by atoms with Crippen LogP contribution in [0.2, 0.25) is 0 Å². The van der Waals surface area contributed by atoms with Crippen molar-refractivity contribution in [3.8, 4) is 5.75 Å². The van der Waals surface area contributed by atoms with Gasteiger partial charge >= 0.3 is 0 Å². The molecule has 1 aromatic rings. The van der Waals surface area contributed by atoms with Gasteiger partial charge in [-0.1, -0.05) is 26.3 Å². The van der Waals surface area contributed by atoms with Crippen molar-refractivity contribution in [2.45, 2.75) is 33.6 Å². The van der Waals surface area contributed by atoms with Crippen LogP contribution in [0.3, 0.4) is 0 Å². The minimum absolute atomic E-state index is 0.0484. The maximum atomic E-state index is 11.8. The van der Waals surface area contributed by atoms with Crippen molar-refractivity contribution < 1.29 is 9.53 Å². The van der Waals surface area contributed by atoms with Crippen LogP contribution in [-0.2, 0) is 4.79 Å². The van der Waals surface area contributed by atoms with Crippen LogP contribution in [-0.4, -0.2) is 13.0 Å². The highest BCUT2D eigenvalue weighted by Gasteiger charge is 2.12. The predicted octanol–water partition coefficient (Wildman–Crippen LogP) is 3.38. The second-order valence-corrected chi connectivity index (χ2v) is 4.36. The summed E-state index contributed by atoms with van der Waals surface area (Å²) in [6.07, 6.45) is 1.93. The molecule has 0 saturated carbocycles.